The molecule has 0 saturated carbocycles. The highest BCUT2D eigenvalue weighted by atomic mass is 19.3. The summed E-state index contributed by atoms with van der Waals surface area (Å²) in [7, 11) is 0. The van der Waals surface area contributed by atoms with Gasteiger partial charge in [-0.3, -0.25) is 0 Å². The summed E-state index contributed by atoms with van der Waals surface area (Å²) < 4.78 is 33.3. The van der Waals surface area contributed by atoms with E-state index in [4.69, 9.17) is 9.26 Å². The van der Waals surface area contributed by atoms with Gasteiger partial charge in [-0.1, -0.05) is 19.0 Å². The Balaban J connectivity index is 2.38. The quantitative estimate of drug-likeness (QED) is 0.725. The van der Waals surface area contributed by atoms with Gasteiger partial charge in [0.25, 0.3) is 6.43 Å². The third-order valence-electron chi connectivity index (χ3n) is 2.58. The lowest BCUT2D eigenvalue weighted by molar-refractivity contribution is 0.0182. The molecule has 2 unspecified atom stereocenters. The molecule has 104 valence electrons. The summed E-state index contributed by atoms with van der Waals surface area (Å²) in [4.78, 5) is 4.09. The van der Waals surface area contributed by atoms with Crippen molar-refractivity contribution in [1.29, 1.82) is 0 Å². The molecule has 0 fully saturated rings. The van der Waals surface area contributed by atoms with Crippen LogP contribution in [-0.4, -0.2) is 41.0 Å². The van der Waals surface area contributed by atoms with Crippen molar-refractivity contribution < 1.29 is 23.1 Å². The molecule has 1 aromatic heterocycles. The molecule has 1 rings (SSSR count). The van der Waals surface area contributed by atoms with E-state index in [0.29, 0.717) is 24.6 Å². The van der Waals surface area contributed by atoms with E-state index in [1.807, 2.05) is 6.92 Å². The van der Waals surface area contributed by atoms with E-state index in [9.17, 15) is 13.9 Å². The van der Waals surface area contributed by atoms with Crippen LogP contribution in [0.4, 0.5) is 8.78 Å². The standard InChI is InChI=1S/C11H18F2N2O3/c1-3-8(16)7(2)11-14-10(15-18-11)4-5-17-6-9(12)13/h7-9,16H,3-6H2,1-2H3. The highest BCUT2D eigenvalue weighted by molar-refractivity contribution is 4.95. The highest BCUT2D eigenvalue weighted by Crippen LogP contribution is 2.19. The lowest BCUT2D eigenvalue weighted by atomic mass is 10.0. The van der Waals surface area contributed by atoms with E-state index in [-0.39, 0.29) is 12.5 Å². The van der Waals surface area contributed by atoms with Gasteiger partial charge in [0.1, 0.15) is 6.61 Å². The molecule has 0 aliphatic heterocycles. The second-order valence-corrected chi connectivity index (χ2v) is 4.03. The Morgan fingerprint density at radius 1 is 1.44 bits per heavy atom. The minimum Gasteiger partial charge on any atom is -0.392 e. The largest absolute Gasteiger partial charge is 0.392 e. The number of aliphatic hydroxyl groups excluding tert-OH is 1. The Morgan fingerprint density at radius 2 is 2.17 bits per heavy atom. The Labute approximate surface area is 104 Å². The topological polar surface area (TPSA) is 68.4 Å². The maximum atomic E-state index is 11.8. The lowest BCUT2D eigenvalue weighted by Crippen LogP contribution is -2.14. The normalized spacial score (nSPS) is 15.0. The molecule has 0 amide bonds. The number of alkyl halides is 2. The third-order valence-corrected chi connectivity index (χ3v) is 2.58. The van der Waals surface area contributed by atoms with Gasteiger partial charge in [0.05, 0.1) is 18.6 Å². The van der Waals surface area contributed by atoms with Crippen molar-refractivity contribution in [2.24, 2.45) is 0 Å². The summed E-state index contributed by atoms with van der Waals surface area (Å²) in [6.07, 6.45) is -2.10. The van der Waals surface area contributed by atoms with Crippen LogP contribution < -0.4 is 0 Å². The molecule has 0 radical (unpaired) electrons. The summed E-state index contributed by atoms with van der Waals surface area (Å²) in [5.41, 5.74) is 0. The van der Waals surface area contributed by atoms with E-state index in [0.717, 1.165) is 0 Å². The fourth-order valence-electron chi connectivity index (χ4n) is 1.41. The van der Waals surface area contributed by atoms with E-state index >= 15 is 0 Å². The molecule has 0 bridgehead atoms. The van der Waals surface area contributed by atoms with Crippen molar-refractivity contribution in [3.63, 3.8) is 0 Å². The maximum absolute atomic E-state index is 11.8. The van der Waals surface area contributed by atoms with Gasteiger partial charge in [0.15, 0.2) is 5.82 Å². The first-order valence-electron chi connectivity index (χ1n) is 5.91. The van der Waals surface area contributed by atoms with E-state index < -0.39 is 19.1 Å². The van der Waals surface area contributed by atoms with Gasteiger partial charge in [0, 0.05) is 6.42 Å². The summed E-state index contributed by atoms with van der Waals surface area (Å²) in [5, 5.41) is 13.3. The Bertz CT molecular complexity index is 347. The summed E-state index contributed by atoms with van der Waals surface area (Å²) in [6.45, 7) is 3.18. The number of aliphatic hydroxyl groups is 1. The van der Waals surface area contributed by atoms with Crippen molar-refractivity contribution in [2.45, 2.75) is 45.1 Å². The number of hydrogen-bond donors (Lipinski definition) is 1. The zero-order valence-electron chi connectivity index (χ0n) is 10.5. The predicted molar refractivity (Wildman–Crippen MR) is 59.5 cm³/mol. The van der Waals surface area contributed by atoms with Crippen LogP contribution in [-0.2, 0) is 11.2 Å². The Morgan fingerprint density at radius 3 is 2.78 bits per heavy atom. The predicted octanol–water partition coefficient (Wildman–Crippen LogP) is 1.77. The van der Waals surface area contributed by atoms with Crippen molar-refractivity contribution >= 4 is 0 Å². The third kappa shape index (κ3) is 4.66. The van der Waals surface area contributed by atoms with Crippen LogP contribution in [0, 0.1) is 0 Å². The van der Waals surface area contributed by atoms with Crippen molar-refractivity contribution in [3.05, 3.63) is 11.7 Å². The molecule has 0 saturated heterocycles. The number of nitrogens with zero attached hydrogens (tertiary/aromatic N) is 2. The number of rotatable bonds is 8. The molecular formula is C11H18F2N2O3. The second kappa shape index (κ2) is 7.38. The molecule has 1 aromatic rings. The SMILES string of the molecule is CCC(O)C(C)c1nc(CCOCC(F)F)no1. The zero-order chi connectivity index (χ0) is 13.5. The maximum Gasteiger partial charge on any atom is 0.261 e. The van der Waals surface area contributed by atoms with E-state index in [2.05, 4.69) is 10.1 Å². The van der Waals surface area contributed by atoms with Crippen LogP contribution in [0.1, 0.15) is 37.9 Å². The van der Waals surface area contributed by atoms with Gasteiger partial charge in [0.2, 0.25) is 5.89 Å². The van der Waals surface area contributed by atoms with Gasteiger partial charge in [-0.2, -0.15) is 4.98 Å². The van der Waals surface area contributed by atoms with Crippen molar-refractivity contribution in [3.8, 4) is 0 Å². The van der Waals surface area contributed by atoms with Crippen LogP contribution in [0.2, 0.25) is 0 Å². The zero-order valence-corrected chi connectivity index (χ0v) is 10.5. The van der Waals surface area contributed by atoms with Crippen LogP contribution in [0.25, 0.3) is 0 Å². The fourth-order valence-corrected chi connectivity index (χ4v) is 1.41. The van der Waals surface area contributed by atoms with Crippen LogP contribution in [0.5, 0.6) is 0 Å². The minimum absolute atomic E-state index is 0.119. The van der Waals surface area contributed by atoms with Crippen molar-refractivity contribution in [2.75, 3.05) is 13.2 Å². The monoisotopic (exact) mass is 264 g/mol. The first kappa shape index (κ1) is 15.0. The van der Waals surface area contributed by atoms with Gasteiger partial charge in [-0.25, -0.2) is 8.78 Å². The van der Waals surface area contributed by atoms with Gasteiger partial charge in [-0.05, 0) is 6.42 Å². The van der Waals surface area contributed by atoms with Gasteiger partial charge >= 0.3 is 0 Å². The average Bonchev–Trinajstić information content (AvgIpc) is 2.81. The molecule has 18 heavy (non-hydrogen) atoms. The van der Waals surface area contributed by atoms with Crippen LogP contribution in [0.3, 0.4) is 0 Å². The first-order valence-corrected chi connectivity index (χ1v) is 5.91. The second-order valence-electron chi connectivity index (χ2n) is 4.03. The minimum atomic E-state index is -2.47. The molecule has 1 N–H and O–H groups in total. The summed E-state index contributed by atoms with van der Waals surface area (Å²) in [5.74, 6) is 0.515. The van der Waals surface area contributed by atoms with E-state index in [1.165, 1.54) is 0 Å². The number of halogens is 2. The Kier molecular flexibility index (Phi) is 6.14. The summed E-state index contributed by atoms with van der Waals surface area (Å²) in [6, 6.07) is 0. The molecule has 0 aromatic carbocycles. The molecule has 7 heteroatoms. The van der Waals surface area contributed by atoms with Crippen LogP contribution >= 0.6 is 0 Å². The molecule has 0 aliphatic rings. The first-order chi connectivity index (χ1) is 8.54. The summed E-state index contributed by atoms with van der Waals surface area (Å²) >= 11 is 0. The number of hydrogen-bond acceptors (Lipinski definition) is 5. The van der Waals surface area contributed by atoms with Crippen molar-refractivity contribution in [1.82, 2.24) is 10.1 Å². The highest BCUT2D eigenvalue weighted by Gasteiger charge is 2.20. The Hall–Kier alpha value is -1.08. The molecule has 0 aliphatic carbocycles. The smallest absolute Gasteiger partial charge is 0.261 e. The molecule has 2 atom stereocenters. The van der Waals surface area contributed by atoms with Gasteiger partial charge < -0.3 is 14.4 Å². The van der Waals surface area contributed by atoms with E-state index in [1.54, 1.807) is 6.92 Å². The molecular weight excluding hydrogens is 246 g/mol. The molecule has 5 nitrogen and oxygen atoms in total. The molecule has 1 heterocycles. The number of ether oxygens (including phenoxy) is 1. The van der Waals surface area contributed by atoms with Crippen LogP contribution in [0.15, 0.2) is 4.52 Å². The lowest BCUT2D eigenvalue weighted by Gasteiger charge is -2.11. The van der Waals surface area contributed by atoms with Gasteiger partial charge in [-0.15, -0.1) is 0 Å². The fraction of sp³-hybridized carbons (Fsp3) is 0.818. The molecule has 0 spiro atoms. The average molecular weight is 264 g/mol. The number of aromatic nitrogens is 2.